The first-order valence-electron chi connectivity index (χ1n) is 11.3. The van der Waals surface area contributed by atoms with Gasteiger partial charge in [0.05, 0.1) is 23.4 Å². The van der Waals surface area contributed by atoms with Crippen LogP contribution >= 0.6 is 0 Å². The molecule has 0 N–H and O–H groups in total. The molecular formula is C27H30N4. The summed E-state index contributed by atoms with van der Waals surface area (Å²) in [6.45, 7) is 8.94. The van der Waals surface area contributed by atoms with Crippen molar-refractivity contribution in [1.82, 2.24) is 14.5 Å². The number of rotatable bonds is 5. The average molecular weight is 411 g/mol. The molecule has 4 nitrogen and oxygen atoms in total. The number of hydrogen-bond donors (Lipinski definition) is 0. The van der Waals surface area contributed by atoms with Crippen LogP contribution in [0.25, 0.3) is 11.0 Å². The van der Waals surface area contributed by atoms with Crippen LogP contribution < -0.4 is 4.90 Å². The lowest BCUT2D eigenvalue weighted by atomic mass is 9.98. The third-order valence-corrected chi connectivity index (χ3v) is 6.48. The summed E-state index contributed by atoms with van der Waals surface area (Å²) in [6, 6.07) is 28.9. The van der Waals surface area contributed by atoms with E-state index in [2.05, 4.69) is 107 Å². The molecule has 2 heterocycles. The summed E-state index contributed by atoms with van der Waals surface area (Å²) < 4.78 is 2.33. The molecule has 5 rings (SSSR count). The lowest BCUT2D eigenvalue weighted by Gasteiger charge is -2.38. The van der Waals surface area contributed by atoms with E-state index >= 15 is 0 Å². The highest BCUT2D eigenvalue weighted by atomic mass is 15.3. The lowest BCUT2D eigenvalue weighted by molar-refractivity contribution is 0.209. The number of fused-ring (bicyclic) bond motifs is 1. The van der Waals surface area contributed by atoms with Crippen LogP contribution in [-0.4, -0.2) is 46.7 Å². The number of nitrogens with zero attached hydrogens (tertiary/aromatic N) is 4. The van der Waals surface area contributed by atoms with Gasteiger partial charge in [-0.25, -0.2) is 4.98 Å². The molecule has 1 aliphatic heterocycles. The predicted octanol–water partition coefficient (Wildman–Crippen LogP) is 5.20. The van der Waals surface area contributed by atoms with E-state index in [0.717, 1.165) is 31.7 Å². The van der Waals surface area contributed by atoms with Gasteiger partial charge in [0.25, 0.3) is 0 Å². The van der Waals surface area contributed by atoms with Gasteiger partial charge >= 0.3 is 0 Å². The lowest BCUT2D eigenvalue weighted by Crippen LogP contribution is -2.48. The Balaban J connectivity index is 1.54. The standard InChI is InChI=1S/C27H30N4/c1-21(2)29-15-17-30(18-16-29)24-13-14-25-26(19-24)31(20-28-25)27(22-9-5-3-6-10-22)23-11-7-4-8-12-23/h3-14,19-21,27H,15-18H2,1-2H3. The molecule has 1 saturated heterocycles. The molecule has 0 bridgehead atoms. The number of imidazole rings is 1. The fraction of sp³-hybridized carbons (Fsp3) is 0.296. The molecular weight excluding hydrogens is 380 g/mol. The zero-order chi connectivity index (χ0) is 21.2. The Hall–Kier alpha value is -3.11. The predicted molar refractivity (Wildman–Crippen MR) is 129 cm³/mol. The summed E-state index contributed by atoms with van der Waals surface area (Å²) in [5.74, 6) is 0. The molecule has 4 heteroatoms. The highest BCUT2D eigenvalue weighted by molar-refractivity contribution is 5.80. The molecule has 31 heavy (non-hydrogen) atoms. The van der Waals surface area contributed by atoms with Crippen molar-refractivity contribution in [3.8, 4) is 0 Å². The number of hydrogen-bond acceptors (Lipinski definition) is 3. The second-order valence-corrected chi connectivity index (χ2v) is 8.67. The molecule has 0 spiro atoms. The normalized spacial score (nSPS) is 15.3. The largest absolute Gasteiger partial charge is 0.369 e. The minimum absolute atomic E-state index is 0.0976. The quantitative estimate of drug-likeness (QED) is 0.452. The molecule has 1 fully saturated rings. The summed E-state index contributed by atoms with van der Waals surface area (Å²) in [6.07, 6.45) is 2.00. The van der Waals surface area contributed by atoms with Crippen LogP contribution in [0.5, 0.6) is 0 Å². The van der Waals surface area contributed by atoms with E-state index in [1.807, 2.05) is 6.33 Å². The van der Waals surface area contributed by atoms with Crippen molar-refractivity contribution in [2.45, 2.75) is 25.9 Å². The summed E-state index contributed by atoms with van der Waals surface area (Å²) in [4.78, 5) is 9.81. The highest BCUT2D eigenvalue weighted by Gasteiger charge is 2.22. The number of piperazine rings is 1. The van der Waals surface area contributed by atoms with Crippen molar-refractivity contribution in [1.29, 1.82) is 0 Å². The number of aromatic nitrogens is 2. The molecule has 0 atom stereocenters. The second-order valence-electron chi connectivity index (χ2n) is 8.67. The third-order valence-electron chi connectivity index (χ3n) is 6.48. The van der Waals surface area contributed by atoms with Crippen molar-refractivity contribution in [3.05, 3.63) is 96.3 Å². The molecule has 0 amide bonds. The maximum absolute atomic E-state index is 4.75. The first-order chi connectivity index (χ1) is 15.2. The van der Waals surface area contributed by atoms with Crippen LogP contribution in [0.3, 0.4) is 0 Å². The fourth-order valence-corrected chi connectivity index (χ4v) is 4.70. The monoisotopic (exact) mass is 410 g/mol. The molecule has 0 saturated carbocycles. The highest BCUT2D eigenvalue weighted by Crippen LogP contribution is 2.31. The van der Waals surface area contributed by atoms with Gasteiger partial charge in [0.2, 0.25) is 0 Å². The molecule has 4 aromatic rings. The third kappa shape index (κ3) is 3.96. The Kier molecular flexibility index (Phi) is 5.47. The van der Waals surface area contributed by atoms with Crippen LogP contribution in [0.1, 0.15) is 31.0 Å². The Morgan fingerprint density at radius 3 is 1.94 bits per heavy atom. The van der Waals surface area contributed by atoms with Gasteiger partial charge in [-0.05, 0) is 43.2 Å². The maximum atomic E-state index is 4.75. The van der Waals surface area contributed by atoms with Gasteiger partial charge in [0.15, 0.2) is 0 Å². The van der Waals surface area contributed by atoms with E-state index in [1.54, 1.807) is 0 Å². The Morgan fingerprint density at radius 2 is 1.35 bits per heavy atom. The first-order valence-corrected chi connectivity index (χ1v) is 11.3. The van der Waals surface area contributed by atoms with Crippen molar-refractivity contribution < 1.29 is 0 Å². The smallest absolute Gasteiger partial charge is 0.0966 e. The van der Waals surface area contributed by atoms with Gasteiger partial charge in [0, 0.05) is 37.9 Å². The second kappa shape index (κ2) is 8.56. The Labute approximate surface area is 184 Å². The fourth-order valence-electron chi connectivity index (χ4n) is 4.70. The molecule has 0 unspecified atom stereocenters. The molecule has 1 aliphatic rings. The zero-order valence-corrected chi connectivity index (χ0v) is 18.4. The maximum Gasteiger partial charge on any atom is 0.0966 e. The van der Waals surface area contributed by atoms with Gasteiger partial charge in [-0.3, -0.25) is 4.90 Å². The SMILES string of the molecule is CC(C)N1CCN(c2ccc3ncn(C(c4ccccc4)c4ccccc4)c3c2)CC1. The van der Waals surface area contributed by atoms with Crippen molar-refractivity contribution in [3.63, 3.8) is 0 Å². The van der Waals surface area contributed by atoms with Crippen LogP contribution in [0.2, 0.25) is 0 Å². The van der Waals surface area contributed by atoms with Gasteiger partial charge in [-0.1, -0.05) is 60.7 Å². The number of benzene rings is 3. The Morgan fingerprint density at radius 1 is 0.742 bits per heavy atom. The minimum atomic E-state index is 0.0976. The number of anilines is 1. The summed E-state index contributed by atoms with van der Waals surface area (Å²) in [5, 5.41) is 0. The average Bonchev–Trinajstić information content (AvgIpc) is 3.24. The van der Waals surface area contributed by atoms with E-state index in [-0.39, 0.29) is 6.04 Å². The first kappa shape index (κ1) is 19.8. The van der Waals surface area contributed by atoms with E-state index in [4.69, 9.17) is 4.98 Å². The molecule has 1 aromatic heterocycles. The van der Waals surface area contributed by atoms with Crippen molar-refractivity contribution in [2.75, 3.05) is 31.1 Å². The molecule has 158 valence electrons. The molecule has 3 aromatic carbocycles. The van der Waals surface area contributed by atoms with Gasteiger partial charge < -0.3 is 9.47 Å². The van der Waals surface area contributed by atoms with Crippen LogP contribution in [0.4, 0.5) is 5.69 Å². The summed E-state index contributed by atoms with van der Waals surface area (Å²) >= 11 is 0. The van der Waals surface area contributed by atoms with Crippen LogP contribution in [-0.2, 0) is 0 Å². The van der Waals surface area contributed by atoms with E-state index < -0.39 is 0 Å². The van der Waals surface area contributed by atoms with Crippen molar-refractivity contribution in [2.24, 2.45) is 0 Å². The summed E-state index contributed by atoms with van der Waals surface area (Å²) in [5.41, 5.74) is 6.05. The minimum Gasteiger partial charge on any atom is -0.369 e. The molecule has 0 radical (unpaired) electrons. The van der Waals surface area contributed by atoms with E-state index in [9.17, 15) is 0 Å². The van der Waals surface area contributed by atoms with Crippen molar-refractivity contribution >= 4 is 16.7 Å². The van der Waals surface area contributed by atoms with Crippen LogP contribution in [0, 0.1) is 0 Å². The summed E-state index contributed by atoms with van der Waals surface area (Å²) in [7, 11) is 0. The Bertz CT molecular complexity index is 1090. The topological polar surface area (TPSA) is 24.3 Å². The van der Waals surface area contributed by atoms with Gasteiger partial charge in [0.1, 0.15) is 0 Å². The molecule has 0 aliphatic carbocycles. The zero-order valence-electron chi connectivity index (χ0n) is 18.4. The van der Waals surface area contributed by atoms with Crippen LogP contribution in [0.15, 0.2) is 85.2 Å². The van der Waals surface area contributed by atoms with E-state index in [1.165, 1.54) is 22.3 Å². The van der Waals surface area contributed by atoms with Gasteiger partial charge in [-0.2, -0.15) is 0 Å². The van der Waals surface area contributed by atoms with E-state index in [0.29, 0.717) is 6.04 Å². The van der Waals surface area contributed by atoms with Gasteiger partial charge in [-0.15, -0.1) is 0 Å².